The van der Waals surface area contributed by atoms with Crippen molar-refractivity contribution in [2.45, 2.75) is 43.6 Å². The van der Waals surface area contributed by atoms with Gasteiger partial charge in [0.15, 0.2) is 0 Å². The van der Waals surface area contributed by atoms with E-state index in [2.05, 4.69) is 19.1 Å². The molecular formula is C14H20O2S. The van der Waals surface area contributed by atoms with Gasteiger partial charge in [0.1, 0.15) is 0 Å². The standard InChI is InChI=1S/C14H20O2S/c1-2-3-9-13(10-14(15)16)17-11-12-7-5-4-6-8-12/h4-8,13H,2-3,9-11H2,1H3,(H,15,16). The molecule has 0 saturated carbocycles. The fraction of sp³-hybridized carbons (Fsp3) is 0.500. The molecule has 1 unspecified atom stereocenters. The predicted molar refractivity (Wildman–Crippen MR) is 73.3 cm³/mol. The van der Waals surface area contributed by atoms with Gasteiger partial charge in [-0.25, -0.2) is 0 Å². The fourth-order valence-corrected chi connectivity index (χ4v) is 2.87. The van der Waals surface area contributed by atoms with E-state index < -0.39 is 5.97 Å². The third kappa shape index (κ3) is 6.37. The molecule has 2 nitrogen and oxygen atoms in total. The number of carbonyl (C=O) groups is 1. The lowest BCUT2D eigenvalue weighted by Crippen LogP contribution is -2.10. The highest BCUT2D eigenvalue weighted by molar-refractivity contribution is 7.99. The Morgan fingerprint density at radius 3 is 2.65 bits per heavy atom. The summed E-state index contributed by atoms with van der Waals surface area (Å²) in [6, 6.07) is 10.2. The molecule has 1 aromatic rings. The van der Waals surface area contributed by atoms with Crippen LogP contribution in [0.1, 0.15) is 38.2 Å². The summed E-state index contributed by atoms with van der Waals surface area (Å²) in [7, 11) is 0. The van der Waals surface area contributed by atoms with Gasteiger partial charge in [-0.2, -0.15) is 11.8 Å². The van der Waals surface area contributed by atoms with Crippen LogP contribution in [0.4, 0.5) is 0 Å². The molecule has 94 valence electrons. The van der Waals surface area contributed by atoms with E-state index in [-0.39, 0.29) is 11.7 Å². The molecule has 0 aliphatic heterocycles. The number of unbranched alkanes of at least 4 members (excludes halogenated alkanes) is 1. The molecule has 0 heterocycles. The molecule has 0 fully saturated rings. The minimum absolute atomic E-state index is 0.243. The van der Waals surface area contributed by atoms with Gasteiger partial charge in [0.2, 0.25) is 0 Å². The van der Waals surface area contributed by atoms with Crippen molar-refractivity contribution in [1.29, 1.82) is 0 Å². The van der Waals surface area contributed by atoms with E-state index in [4.69, 9.17) is 5.11 Å². The van der Waals surface area contributed by atoms with Crippen molar-refractivity contribution >= 4 is 17.7 Å². The van der Waals surface area contributed by atoms with Gasteiger partial charge < -0.3 is 5.11 Å². The quantitative estimate of drug-likeness (QED) is 0.761. The van der Waals surface area contributed by atoms with Crippen molar-refractivity contribution < 1.29 is 9.90 Å². The maximum atomic E-state index is 10.8. The van der Waals surface area contributed by atoms with Gasteiger partial charge in [-0.05, 0) is 12.0 Å². The molecule has 0 aromatic heterocycles. The molecule has 1 atom stereocenters. The maximum absolute atomic E-state index is 10.8. The molecule has 0 bridgehead atoms. The molecule has 1 aromatic carbocycles. The van der Waals surface area contributed by atoms with Crippen molar-refractivity contribution in [2.24, 2.45) is 0 Å². The SMILES string of the molecule is CCCCC(CC(=O)O)SCc1ccccc1. The highest BCUT2D eigenvalue weighted by Crippen LogP contribution is 2.24. The van der Waals surface area contributed by atoms with Crippen LogP contribution in [0.15, 0.2) is 30.3 Å². The Morgan fingerprint density at radius 2 is 2.06 bits per heavy atom. The molecule has 1 N–H and O–H groups in total. The van der Waals surface area contributed by atoms with Gasteiger partial charge in [-0.15, -0.1) is 0 Å². The van der Waals surface area contributed by atoms with Gasteiger partial charge in [-0.1, -0.05) is 50.1 Å². The minimum atomic E-state index is -0.688. The van der Waals surface area contributed by atoms with Crippen molar-refractivity contribution in [1.82, 2.24) is 0 Å². The molecule has 0 saturated heterocycles. The average molecular weight is 252 g/mol. The number of aliphatic carboxylic acids is 1. The van der Waals surface area contributed by atoms with Crippen LogP contribution in [0.25, 0.3) is 0 Å². The minimum Gasteiger partial charge on any atom is -0.481 e. The molecule has 0 amide bonds. The molecule has 17 heavy (non-hydrogen) atoms. The molecular weight excluding hydrogens is 232 g/mol. The second-order valence-electron chi connectivity index (χ2n) is 4.16. The Kier molecular flexibility index (Phi) is 6.78. The smallest absolute Gasteiger partial charge is 0.304 e. The third-order valence-electron chi connectivity index (χ3n) is 2.61. The van der Waals surface area contributed by atoms with Gasteiger partial charge in [0.25, 0.3) is 0 Å². The monoisotopic (exact) mass is 252 g/mol. The van der Waals surface area contributed by atoms with Gasteiger partial charge >= 0.3 is 5.97 Å². The molecule has 0 aliphatic carbocycles. The number of hydrogen-bond acceptors (Lipinski definition) is 2. The van der Waals surface area contributed by atoms with E-state index in [9.17, 15) is 4.79 Å². The Hall–Kier alpha value is -0.960. The van der Waals surface area contributed by atoms with Gasteiger partial charge in [0.05, 0.1) is 6.42 Å². The number of carboxylic acid groups (broad SMARTS) is 1. The molecule has 1 rings (SSSR count). The van der Waals surface area contributed by atoms with E-state index in [1.54, 1.807) is 11.8 Å². The number of carboxylic acids is 1. The van der Waals surface area contributed by atoms with Crippen LogP contribution in [0.2, 0.25) is 0 Å². The fourth-order valence-electron chi connectivity index (χ4n) is 1.66. The Labute approximate surface area is 107 Å². The summed E-state index contributed by atoms with van der Waals surface area (Å²) in [5.41, 5.74) is 1.27. The highest BCUT2D eigenvalue weighted by Gasteiger charge is 2.13. The van der Waals surface area contributed by atoms with Crippen LogP contribution in [-0.2, 0) is 10.5 Å². The van der Waals surface area contributed by atoms with Crippen molar-refractivity contribution in [3.05, 3.63) is 35.9 Å². The first-order valence-corrected chi connectivity index (χ1v) is 7.14. The topological polar surface area (TPSA) is 37.3 Å². The first-order valence-electron chi connectivity index (χ1n) is 6.09. The van der Waals surface area contributed by atoms with E-state index >= 15 is 0 Å². The van der Waals surface area contributed by atoms with Crippen LogP contribution >= 0.6 is 11.8 Å². The van der Waals surface area contributed by atoms with E-state index in [1.807, 2.05) is 18.2 Å². The van der Waals surface area contributed by atoms with Crippen LogP contribution in [0.5, 0.6) is 0 Å². The second-order valence-corrected chi connectivity index (χ2v) is 5.45. The first kappa shape index (κ1) is 14.1. The van der Waals surface area contributed by atoms with Crippen LogP contribution in [-0.4, -0.2) is 16.3 Å². The van der Waals surface area contributed by atoms with Crippen LogP contribution in [0.3, 0.4) is 0 Å². The lowest BCUT2D eigenvalue weighted by molar-refractivity contribution is -0.137. The van der Waals surface area contributed by atoms with Gasteiger partial charge in [0, 0.05) is 11.0 Å². The van der Waals surface area contributed by atoms with Crippen molar-refractivity contribution in [2.75, 3.05) is 0 Å². The zero-order chi connectivity index (χ0) is 12.5. The number of thioether (sulfide) groups is 1. The molecule has 0 spiro atoms. The van der Waals surface area contributed by atoms with E-state index in [0.717, 1.165) is 25.0 Å². The van der Waals surface area contributed by atoms with Crippen molar-refractivity contribution in [3.63, 3.8) is 0 Å². The summed E-state index contributed by atoms with van der Waals surface area (Å²) in [5, 5.41) is 9.11. The summed E-state index contributed by atoms with van der Waals surface area (Å²) in [5.74, 6) is 0.217. The average Bonchev–Trinajstić information content (AvgIpc) is 2.33. The zero-order valence-electron chi connectivity index (χ0n) is 10.3. The Balaban J connectivity index is 2.40. The normalized spacial score (nSPS) is 12.3. The summed E-state index contributed by atoms with van der Waals surface area (Å²) in [4.78, 5) is 10.8. The summed E-state index contributed by atoms with van der Waals surface area (Å²) in [6.45, 7) is 2.14. The third-order valence-corrected chi connectivity index (χ3v) is 3.98. The van der Waals surface area contributed by atoms with Crippen LogP contribution in [0, 0.1) is 0 Å². The first-order chi connectivity index (χ1) is 8.22. The zero-order valence-corrected chi connectivity index (χ0v) is 11.1. The lowest BCUT2D eigenvalue weighted by Gasteiger charge is -2.13. The van der Waals surface area contributed by atoms with Gasteiger partial charge in [-0.3, -0.25) is 4.79 Å². The van der Waals surface area contributed by atoms with E-state index in [0.29, 0.717) is 0 Å². The molecule has 3 heteroatoms. The summed E-state index contributed by atoms with van der Waals surface area (Å²) in [6.07, 6.45) is 3.51. The molecule has 0 aliphatic rings. The number of rotatable bonds is 8. The summed E-state index contributed by atoms with van der Waals surface area (Å²) < 4.78 is 0. The maximum Gasteiger partial charge on any atom is 0.304 e. The lowest BCUT2D eigenvalue weighted by atomic mass is 10.1. The Bertz CT molecular complexity index is 324. The largest absolute Gasteiger partial charge is 0.481 e. The number of hydrogen-bond donors (Lipinski definition) is 1. The predicted octanol–water partition coefficient (Wildman–Crippen LogP) is 3.95. The van der Waals surface area contributed by atoms with Crippen LogP contribution < -0.4 is 0 Å². The number of benzene rings is 1. The Morgan fingerprint density at radius 1 is 1.35 bits per heavy atom. The summed E-state index contributed by atoms with van der Waals surface area (Å²) >= 11 is 1.76. The molecule has 0 radical (unpaired) electrons. The van der Waals surface area contributed by atoms with E-state index in [1.165, 1.54) is 5.56 Å². The second kappa shape index (κ2) is 8.18. The van der Waals surface area contributed by atoms with Crippen molar-refractivity contribution in [3.8, 4) is 0 Å². The highest BCUT2D eigenvalue weighted by atomic mass is 32.2.